The van der Waals surface area contributed by atoms with Gasteiger partial charge in [0.15, 0.2) is 0 Å². The molecule has 0 aliphatic heterocycles. The minimum atomic E-state index is 0.0963. The zero-order chi connectivity index (χ0) is 11.4. The Balaban J connectivity index is 2.98. The van der Waals surface area contributed by atoms with Gasteiger partial charge in [0.05, 0.1) is 13.2 Å². The first kappa shape index (κ1) is 14.1. The predicted octanol–water partition coefficient (Wildman–Crippen LogP) is 0.695. The van der Waals surface area contributed by atoms with E-state index in [1.165, 1.54) is 0 Å². The molecule has 0 bridgehead atoms. The Labute approximate surface area is 92.1 Å². The van der Waals surface area contributed by atoms with Crippen molar-refractivity contribution in [3.05, 3.63) is 12.7 Å². The van der Waals surface area contributed by atoms with Gasteiger partial charge in [-0.25, -0.2) is 0 Å². The summed E-state index contributed by atoms with van der Waals surface area (Å²) in [7, 11) is 1.66. The lowest BCUT2D eigenvalue weighted by Crippen LogP contribution is -2.23. The van der Waals surface area contributed by atoms with E-state index in [0.717, 1.165) is 32.5 Å². The molecule has 2 N–H and O–H groups in total. The van der Waals surface area contributed by atoms with E-state index in [2.05, 4.69) is 17.2 Å². The van der Waals surface area contributed by atoms with E-state index >= 15 is 0 Å². The second-order valence-corrected chi connectivity index (χ2v) is 3.22. The zero-order valence-corrected chi connectivity index (χ0v) is 9.55. The van der Waals surface area contributed by atoms with Gasteiger partial charge >= 0.3 is 0 Å². The summed E-state index contributed by atoms with van der Waals surface area (Å²) in [5, 5.41) is 5.80. The van der Waals surface area contributed by atoms with Crippen molar-refractivity contribution in [2.75, 3.05) is 33.4 Å². The highest BCUT2D eigenvalue weighted by atomic mass is 16.5. The van der Waals surface area contributed by atoms with Gasteiger partial charge in [0.1, 0.15) is 0 Å². The Morgan fingerprint density at radius 3 is 2.87 bits per heavy atom. The first-order chi connectivity index (χ1) is 7.31. The molecule has 0 aromatic heterocycles. The van der Waals surface area contributed by atoms with E-state index in [9.17, 15) is 4.79 Å². The topological polar surface area (TPSA) is 50.4 Å². The lowest BCUT2D eigenvalue weighted by atomic mass is 10.3. The fraction of sp³-hybridized carbons (Fsp3) is 0.727. The number of hydrogen-bond acceptors (Lipinski definition) is 3. The molecule has 0 rings (SSSR count). The van der Waals surface area contributed by atoms with Crippen molar-refractivity contribution in [1.82, 2.24) is 10.6 Å². The maximum absolute atomic E-state index is 10.8. The average Bonchev–Trinajstić information content (AvgIpc) is 2.26. The standard InChI is InChI=1S/C11H22N2O2/c1-3-4-9-15-10-8-13-7-5-6-11(14)12-2/h3,13H,1,4-10H2,2H3,(H,12,14). The van der Waals surface area contributed by atoms with Crippen LogP contribution in [0, 0.1) is 0 Å². The number of carbonyl (C=O) groups is 1. The van der Waals surface area contributed by atoms with Crippen molar-refractivity contribution in [2.45, 2.75) is 19.3 Å². The number of amides is 1. The van der Waals surface area contributed by atoms with E-state index in [-0.39, 0.29) is 5.91 Å². The van der Waals surface area contributed by atoms with Crippen molar-refractivity contribution in [1.29, 1.82) is 0 Å². The molecule has 0 saturated carbocycles. The SMILES string of the molecule is C=CCCOCCNCCCC(=O)NC. The third kappa shape index (κ3) is 11.1. The second-order valence-electron chi connectivity index (χ2n) is 3.22. The van der Waals surface area contributed by atoms with Crippen LogP contribution in [0.4, 0.5) is 0 Å². The summed E-state index contributed by atoms with van der Waals surface area (Å²) < 4.78 is 5.31. The fourth-order valence-electron chi connectivity index (χ4n) is 1.04. The molecule has 0 heterocycles. The molecule has 0 unspecified atom stereocenters. The number of nitrogens with one attached hydrogen (secondary N) is 2. The van der Waals surface area contributed by atoms with Gasteiger partial charge in [-0.05, 0) is 19.4 Å². The quantitative estimate of drug-likeness (QED) is 0.415. The monoisotopic (exact) mass is 214 g/mol. The lowest BCUT2D eigenvalue weighted by Gasteiger charge is -2.04. The van der Waals surface area contributed by atoms with Crippen LogP contribution in [0.5, 0.6) is 0 Å². The molecule has 0 spiro atoms. The van der Waals surface area contributed by atoms with Gasteiger partial charge < -0.3 is 15.4 Å². The largest absolute Gasteiger partial charge is 0.380 e. The molecule has 0 radical (unpaired) electrons. The summed E-state index contributed by atoms with van der Waals surface area (Å²) in [6.45, 7) is 6.76. The first-order valence-corrected chi connectivity index (χ1v) is 5.41. The summed E-state index contributed by atoms with van der Waals surface area (Å²) in [5.41, 5.74) is 0. The van der Waals surface area contributed by atoms with Crippen LogP contribution >= 0.6 is 0 Å². The predicted molar refractivity (Wildman–Crippen MR) is 61.8 cm³/mol. The van der Waals surface area contributed by atoms with Crippen molar-refractivity contribution in [3.63, 3.8) is 0 Å². The van der Waals surface area contributed by atoms with E-state index in [1.807, 2.05) is 6.08 Å². The smallest absolute Gasteiger partial charge is 0.219 e. The van der Waals surface area contributed by atoms with Crippen LogP contribution in [-0.2, 0) is 9.53 Å². The summed E-state index contributed by atoms with van der Waals surface area (Å²) in [5.74, 6) is 0.0963. The molecule has 88 valence electrons. The molecule has 4 heteroatoms. The van der Waals surface area contributed by atoms with Gasteiger partial charge in [-0.15, -0.1) is 6.58 Å². The van der Waals surface area contributed by atoms with Crippen LogP contribution in [0.15, 0.2) is 12.7 Å². The van der Waals surface area contributed by atoms with Gasteiger partial charge in [-0.3, -0.25) is 4.79 Å². The molecular weight excluding hydrogens is 192 g/mol. The Kier molecular flexibility index (Phi) is 10.6. The molecule has 0 aliphatic carbocycles. The van der Waals surface area contributed by atoms with E-state index in [1.54, 1.807) is 7.05 Å². The van der Waals surface area contributed by atoms with Gasteiger partial charge in [-0.1, -0.05) is 6.08 Å². The molecule has 0 aromatic rings. The highest BCUT2D eigenvalue weighted by molar-refractivity contribution is 5.75. The van der Waals surface area contributed by atoms with Gasteiger partial charge in [0.2, 0.25) is 5.91 Å². The molecule has 0 aromatic carbocycles. The Morgan fingerprint density at radius 2 is 2.20 bits per heavy atom. The van der Waals surface area contributed by atoms with Gasteiger partial charge in [-0.2, -0.15) is 0 Å². The molecule has 0 atom stereocenters. The van der Waals surface area contributed by atoms with Crippen molar-refractivity contribution >= 4 is 5.91 Å². The number of hydrogen-bond donors (Lipinski definition) is 2. The van der Waals surface area contributed by atoms with Crippen LogP contribution in [0.3, 0.4) is 0 Å². The highest BCUT2D eigenvalue weighted by Crippen LogP contribution is 1.86. The minimum absolute atomic E-state index is 0.0963. The van der Waals surface area contributed by atoms with Crippen LogP contribution in [0.1, 0.15) is 19.3 Å². The lowest BCUT2D eigenvalue weighted by molar-refractivity contribution is -0.120. The van der Waals surface area contributed by atoms with Crippen LogP contribution in [-0.4, -0.2) is 39.3 Å². The Bertz CT molecular complexity index is 172. The van der Waals surface area contributed by atoms with E-state index in [0.29, 0.717) is 13.0 Å². The van der Waals surface area contributed by atoms with E-state index in [4.69, 9.17) is 4.74 Å². The zero-order valence-electron chi connectivity index (χ0n) is 9.55. The molecule has 0 aliphatic rings. The molecule has 0 fully saturated rings. The van der Waals surface area contributed by atoms with Crippen LogP contribution < -0.4 is 10.6 Å². The van der Waals surface area contributed by atoms with Gasteiger partial charge in [0, 0.05) is 20.0 Å². The Hall–Kier alpha value is -0.870. The first-order valence-electron chi connectivity index (χ1n) is 5.41. The number of carbonyl (C=O) groups excluding carboxylic acids is 1. The molecular formula is C11H22N2O2. The van der Waals surface area contributed by atoms with Crippen molar-refractivity contribution in [2.24, 2.45) is 0 Å². The van der Waals surface area contributed by atoms with E-state index < -0.39 is 0 Å². The fourth-order valence-corrected chi connectivity index (χ4v) is 1.04. The summed E-state index contributed by atoms with van der Waals surface area (Å²) in [4.78, 5) is 10.8. The molecule has 15 heavy (non-hydrogen) atoms. The number of ether oxygens (including phenoxy) is 1. The third-order valence-electron chi connectivity index (χ3n) is 1.93. The maximum Gasteiger partial charge on any atom is 0.219 e. The van der Waals surface area contributed by atoms with Crippen molar-refractivity contribution in [3.8, 4) is 0 Å². The molecule has 0 saturated heterocycles. The third-order valence-corrected chi connectivity index (χ3v) is 1.93. The molecule has 4 nitrogen and oxygen atoms in total. The Morgan fingerprint density at radius 1 is 1.40 bits per heavy atom. The highest BCUT2D eigenvalue weighted by Gasteiger charge is 1.96. The second kappa shape index (κ2) is 11.2. The molecule has 1 amide bonds. The van der Waals surface area contributed by atoms with Crippen molar-refractivity contribution < 1.29 is 9.53 Å². The normalized spacial score (nSPS) is 9.93. The minimum Gasteiger partial charge on any atom is -0.380 e. The van der Waals surface area contributed by atoms with Gasteiger partial charge in [0.25, 0.3) is 0 Å². The number of rotatable bonds is 10. The summed E-state index contributed by atoms with van der Waals surface area (Å²) in [6.07, 6.45) is 4.20. The summed E-state index contributed by atoms with van der Waals surface area (Å²) >= 11 is 0. The summed E-state index contributed by atoms with van der Waals surface area (Å²) in [6, 6.07) is 0. The average molecular weight is 214 g/mol. The van der Waals surface area contributed by atoms with Crippen LogP contribution in [0.25, 0.3) is 0 Å². The van der Waals surface area contributed by atoms with Crippen LogP contribution in [0.2, 0.25) is 0 Å². The maximum atomic E-state index is 10.8.